The van der Waals surface area contributed by atoms with Gasteiger partial charge in [0.1, 0.15) is 5.82 Å². The fraction of sp³-hybridized carbons (Fsp3) is 0.353. The van der Waals surface area contributed by atoms with Crippen LogP contribution in [-0.2, 0) is 5.41 Å². The van der Waals surface area contributed by atoms with Gasteiger partial charge < -0.3 is 4.52 Å². The van der Waals surface area contributed by atoms with E-state index in [0.717, 1.165) is 24.0 Å². The second kappa shape index (κ2) is 4.50. The van der Waals surface area contributed by atoms with Gasteiger partial charge in [0, 0.05) is 6.20 Å². The first kappa shape index (κ1) is 13.0. The molecule has 3 aromatic rings. The minimum atomic E-state index is -0.295. The highest BCUT2D eigenvalue weighted by molar-refractivity contribution is 5.51. The lowest BCUT2D eigenvalue weighted by molar-refractivity contribution is 0.417. The van der Waals surface area contributed by atoms with Crippen molar-refractivity contribution >= 4 is 0 Å². The fourth-order valence-corrected chi connectivity index (χ4v) is 3.07. The topological polar surface area (TPSA) is 56.7 Å². The molecule has 0 bridgehead atoms. The molecular weight excluding hydrogens is 295 g/mol. The Hall–Kier alpha value is -2.50. The summed E-state index contributed by atoms with van der Waals surface area (Å²) in [5.41, 5.74) is 1.46. The van der Waals surface area contributed by atoms with Crippen LogP contribution in [0.15, 0.2) is 41.2 Å². The van der Waals surface area contributed by atoms with Gasteiger partial charge in [-0.3, -0.25) is 4.68 Å². The molecule has 6 heteroatoms. The highest BCUT2D eigenvalue weighted by Gasteiger charge is 2.50. The third-order valence-electron chi connectivity index (χ3n) is 4.75. The third kappa shape index (κ3) is 2.09. The van der Waals surface area contributed by atoms with Gasteiger partial charge in [0.2, 0.25) is 0 Å². The van der Waals surface area contributed by atoms with E-state index in [0.29, 0.717) is 17.8 Å². The van der Waals surface area contributed by atoms with Crippen molar-refractivity contribution in [3.05, 3.63) is 53.9 Å². The quantitative estimate of drug-likeness (QED) is 0.740. The molecule has 0 N–H and O–H groups in total. The highest BCUT2D eigenvalue weighted by Crippen LogP contribution is 2.52. The molecule has 0 saturated heterocycles. The van der Waals surface area contributed by atoms with E-state index >= 15 is 0 Å². The number of rotatable bonds is 4. The van der Waals surface area contributed by atoms with Crippen molar-refractivity contribution in [2.45, 2.75) is 37.1 Å². The SMILES string of the molecule is Fc1cccc(C2(c3noc(-c4cnn(C5CC5)c4)n3)CC2)c1. The standard InChI is InChI=1S/C17H15FN4O/c18-13-3-1-2-12(8-13)17(6-7-17)16-20-15(23-21-16)11-9-19-22(10-11)14-4-5-14/h1-3,8-10,14H,4-7H2. The fourth-order valence-electron chi connectivity index (χ4n) is 3.07. The molecule has 2 fully saturated rings. The van der Waals surface area contributed by atoms with Gasteiger partial charge in [0.05, 0.1) is 23.2 Å². The molecule has 0 spiro atoms. The summed E-state index contributed by atoms with van der Waals surface area (Å²) in [5.74, 6) is 0.884. The molecule has 2 aliphatic carbocycles. The number of benzene rings is 1. The molecule has 0 atom stereocenters. The zero-order valence-electron chi connectivity index (χ0n) is 12.4. The lowest BCUT2D eigenvalue weighted by atomic mass is 9.95. The average molecular weight is 310 g/mol. The van der Waals surface area contributed by atoms with Gasteiger partial charge in [-0.25, -0.2) is 4.39 Å². The summed E-state index contributed by atoms with van der Waals surface area (Å²) in [6, 6.07) is 7.19. The van der Waals surface area contributed by atoms with E-state index in [2.05, 4.69) is 15.2 Å². The van der Waals surface area contributed by atoms with E-state index in [1.165, 1.54) is 18.9 Å². The van der Waals surface area contributed by atoms with Gasteiger partial charge in [-0.1, -0.05) is 17.3 Å². The van der Waals surface area contributed by atoms with Gasteiger partial charge in [0.25, 0.3) is 5.89 Å². The van der Waals surface area contributed by atoms with Crippen molar-refractivity contribution in [1.29, 1.82) is 0 Å². The van der Waals surface area contributed by atoms with Crippen LogP contribution in [0.25, 0.3) is 11.5 Å². The minimum absolute atomic E-state index is 0.233. The van der Waals surface area contributed by atoms with Crippen molar-refractivity contribution in [3.8, 4) is 11.5 Å². The first-order valence-corrected chi connectivity index (χ1v) is 7.89. The van der Waals surface area contributed by atoms with Crippen LogP contribution in [0.1, 0.15) is 43.1 Å². The zero-order valence-corrected chi connectivity index (χ0v) is 12.4. The first-order valence-electron chi connectivity index (χ1n) is 7.89. The van der Waals surface area contributed by atoms with E-state index in [1.807, 2.05) is 16.9 Å². The number of hydrogen-bond acceptors (Lipinski definition) is 4. The van der Waals surface area contributed by atoms with E-state index in [4.69, 9.17) is 4.52 Å². The van der Waals surface area contributed by atoms with Gasteiger partial charge >= 0.3 is 0 Å². The molecule has 5 rings (SSSR count). The Labute approximate surface area is 132 Å². The summed E-state index contributed by atoms with van der Waals surface area (Å²) >= 11 is 0. The third-order valence-corrected chi connectivity index (χ3v) is 4.75. The van der Waals surface area contributed by atoms with Crippen LogP contribution in [0.3, 0.4) is 0 Å². The second-order valence-electron chi connectivity index (χ2n) is 6.46. The predicted molar refractivity (Wildman–Crippen MR) is 80.2 cm³/mol. The maximum absolute atomic E-state index is 13.5. The molecular formula is C17H15FN4O. The van der Waals surface area contributed by atoms with Crippen LogP contribution >= 0.6 is 0 Å². The van der Waals surface area contributed by atoms with Gasteiger partial charge in [-0.2, -0.15) is 10.1 Å². The molecule has 5 nitrogen and oxygen atoms in total. The molecule has 23 heavy (non-hydrogen) atoms. The van der Waals surface area contributed by atoms with Crippen molar-refractivity contribution in [2.75, 3.05) is 0 Å². The Kier molecular flexibility index (Phi) is 2.54. The van der Waals surface area contributed by atoms with Crippen LogP contribution in [0.2, 0.25) is 0 Å². The summed E-state index contributed by atoms with van der Waals surface area (Å²) in [6.07, 6.45) is 7.90. The van der Waals surface area contributed by atoms with Gasteiger partial charge in [-0.05, 0) is 43.4 Å². The molecule has 0 unspecified atom stereocenters. The maximum Gasteiger partial charge on any atom is 0.261 e. The molecule has 0 radical (unpaired) electrons. The van der Waals surface area contributed by atoms with Crippen LogP contribution in [0.4, 0.5) is 4.39 Å². The summed E-state index contributed by atoms with van der Waals surface area (Å²) in [5, 5.41) is 8.51. The van der Waals surface area contributed by atoms with Crippen molar-refractivity contribution in [2.24, 2.45) is 0 Å². The first-order chi connectivity index (χ1) is 11.2. The zero-order chi connectivity index (χ0) is 15.4. The van der Waals surface area contributed by atoms with Crippen LogP contribution < -0.4 is 0 Å². The van der Waals surface area contributed by atoms with Crippen molar-refractivity contribution in [1.82, 2.24) is 19.9 Å². The number of halogens is 1. The van der Waals surface area contributed by atoms with E-state index in [9.17, 15) is 4.39 Å². The summed E-state index contributed by atoms with van der Waals surface area (Å²) in [7, 11) is 0. The number of nitrogens with zero attached hydrogens (tertiary/aromatic N) is 4. The molecule has 0 aliphatic heterocycles. The van der Waals surface area contributed by atoms with Gasteiger partial charge in [-0.15, -0.1) is 0 Å². The minimum Gasteiger partial charge on any atom is -0.334 e. The Bertz CT molecular complexity index is 876. The predicted octanol–water partition coefficient (Wildman–Crippen LogP) is 3.49. The van der Waals surface area contributed by atoms with Crippen LogP contribution in [0, 0.1) is 5.82 Å². The Morgan fingerprint density at radius 1 is 1.26 bits per heavy atom. The average Bonchev–Trinajstić information content (AvgIpc) is 3.47. The molecule has 116 valence electrons. The van der Waals surface area contributed by atoms with E-state index in [-0.39, 0.29) is 11.2 Å². The summed E-state index contributed by atoms with van der Waals surface area (Å²) in [4.78, 5) is 4.56. The smallest absolute Gasteiger partial charge is 0.261 e. The van der Waals surface area contributed by atoms with Crippen LogP contribution in [-0.4, -0.2) is 19.9 Å². The second-order valence-corrected chi connectivity index (χ2v) is 6.46. The molecule has 2 heterocycles. The Morgan fingerprint density at radius 2 is 2.13 bits per heavy atom. The van der Waals surface area contributed by atoms with Crippen molar-refractivity contribution in [3.63, 3.8) is 0 Å². The van der Waals surface area contributed by atoms with Crippen molar-refractivity contribution < 1.29 is 8.91 Å². The number of aromatic nitrogens is 4. The number of hydrogen-bond donors (Lipinski definition) is 0. The van der Waals surface area contributed by atoms with Crippen LogP contribution in [0.5, 0.6) is 0 Å². The lowest BCUT2D eigenvalue weighted by Crippen LogP contribution is -2.11. The molecule has 0 amide bonds. The van der Waals surface area contributed by atoms with E-state index < -0.39 is 0 Å². The lowest BCUT2D eigenvalue weighted by Gasteiger charge is -2.10. The summed E-state index contributed by atoms with van der Waals surface area (Å²) < 4.78 is 20.9. The normalized spacial score (nSPS) is 19.0. The Morgan fingerprint density at radius 3 is 2.87 bits per heavy atom. The molecule has 2 aromatic heterocycles. The van der Waals surface area contributed by atoms with Gasteiger partial charge in [0.15, 0.2) is 5.82 Å². The summed E-state index contributed by atoms with van der Waals surface area (Å²) in [6.45, 7) is 0. The largest absolute Gasteiger partial charge is 0.334 e. The molecule has 1 aromatic carbocycles. The molecule has 2 aliphatic rings. The Balaban J connectivity index is 1.48. The highest BCUT2D eigenvalue weighted by atomic mass is 19.1. The maximum atomic E-state index is 13.5. The monoisotopic (exact) mass is 310 g/mol. The molecule has 2 saturated carbocycles. The van der Waals surface area contributed by atoms with E-state index in [1.54, 1.807) is 18.3 Å².